The minimum absolute atomic E-state index is 0.321. The first-order valence-electron chi connectivity index (χ1n) is 8.30. The van der Waals surface area contributed by atoms with Crippen LogP contribution in [0.15, 0.2) is 48.5 Å². The van der Waals surface area contributed by atoms with Crippen LogP contribution >= 0.6 is 11.5 Å². The fraction of sp³-hybridized carbons (Fsp3) is 0.250. The number of nitrogens with zero attached hydrogens (tertiary/aromatic N) is 2. The highest BCUT2D eigenvalue weighted by molar-refractivity contribution is 7.09. The van der Waals surface area contributed by atoms with Gasteiger partial charge in [-0.05, 0) is 42.1 Å². The van der Waals surface area contributed by atoms with E-state index in [1.807, 2.05) is 12.1 Å². The quantitative estimate of drug-likeness (QED) is 0.594. The number of rotatable bonds is 5. The van der Waals surface area contributed by atoms with Gasteiger partial charge in [-0.3, -0.25) is 0 Å². The summed E-state index contributed by atoms with van der Waals surface area (Å²) in [4.78, 5) is 16.5. The first-order chi connectivity index (χ1) is 12.1. The fourth-order valence-electron chi connectivity index (χ4n) is 2.47. The van der Waals surface area contributed by atoms with Gasteiger partial charge in [-0.2, -0.15) is 4.37 Å². The highest BCUT2D eigenvalue weighted by Gasteiger charge is 2.12. The first-order valence-corrected chi connectivity index (χ1v) is 9.07. The topological polar surface area (TPSA) is 52.1 Å². The van der Waals surface area contributed by atoms with E-state index in [9.17, 15) is 4.79 Å². The van der Waals surface area contributed by atoms with Crippen molar-refractivity contribution in [3.8, 4) is 22.0 Å². The van der Waals surface area contributed by atoms with Crippen molar-refractivity contribution in [2.75, 3.05) is 6.61 Å². The SMILES string of the molecule is CCOC(=O)c1cccc(-c2nc(-c3ccc(C(C)C)cc3)ns2)c1. The van der Waals surface area contributed by atoms with Crippen molar-refractivity contribution in [1.82, 2.24) is 9.36 Å². The standard InChI is InChI=1S/C20H20N2O2S/c1-4-24-20(23)17-7-5-6-16(12-17)19-21-18(22-25-19)15-10-8-14(9-11-15)13(2)3/h5-13H,4H2,1-3H3. The lowest BCUT2D eigenvalue weighted by Gasteiger charge is -2.05. The number of aromatic nitrogens is 2. The number of carbonyl (C=O) groups excluding carboxylic acids is 1. The molecule has 1 heterocycles. The lowest BCUT2D eigenvalue weighted by atomic mass is 10.0. The number of carbonyl (C=O) groups is 1. The van der Waals surface area contributed by atoms with Crippen LogP contribution in [0.3, 0.4) is 0 Å². The minimum Gasteiger partial charge on any atom is -0.462 e. The number of hydrogen-bond acceptors (Lipinski definition) is 5. The number of esters is 1. The molecule has 128 valence electrons. The minimum atomic E-state index is -0.321. The summed E-state index contributed by atoms with van der Waals surface area (Å²) in [7, 11) is 0. The molecule has 0 unspecified atom stereocenters. The molecule has 0 fully saturated rings. The van der Waals surface area contributed by atoms with E-state index in [1.165, 1.54) is 17.1 Å². The van der Waals surface area contributed by atoms with Crippen LogP contribution in [-0.2, 0) is 4.74 Å². The van der Waals surface area contributed by atoms with Gasteiger partial charge < -0.3 is 4.74 Å². The molecule has 0 bridgehead atoms. The molecule has 0 saturated carbocycles. The number of benzene rings is 2. The third-order valence-corrected chi connectivity index (χ3v) is 4.65. The van der Waals surface area contributed by atoms with E-state index >= 15 is 0 Å². The second-order valence-electron chi connectivity index (χ2n) is 6.00. The molecule has 1 aromatic heterocycles. The molecule has 0 aliphatic heterocycles. The van der Waals surface area contributed by atoms with Gasteiger partial charge in [0.1, 0.15) is 5.01 Å². The highest BCUT2D eigenvalue weighted by Crippen LogP contribution is 2.27. The number of hydrogen-bond donors (Lipinski definition) is 0. The van der Waals surface area contributed by atoms with Gasteiger partial charge in [-0.15, -0.1) is 0 Å². The Labute approximate surface area is 151 Å². The molecule has 5 heteroatoms. The zero-order chi connectivity index (χ0) is 17.8. The Bertz CT molecular complexity index is 869. The van der Waals surface area contributed by atoms with E-state index in [0.717, 1.165) is 16.1 Å². The molecule has 0 N–H and O–H groups in total. The second kappa shape index (κ2) is 7.57. The van der Waals surface area contributed by atoms with Gasteiger partial charge in [-0.25, -0.2) is 9.78 Å². The second-order valence-corrected chi connectivity index (χ2v) is 6.75. The Morgan fingerprint density at radius 1 is 1.12 bits per heavy atom. The molecule has 4 nitrogen and oxygen atoms in total. The van der Waals surface area contributed by atoms with Crippen molar-refractivity contribution in [2.24, 2.45) is 0 Å². The van der Waals surface area contributed by atoms with E-state index in [2.05, 4.69) is 47.5 Å². The van der Waals surface area contributed by atoms with E-state index in [1.54, 1.807) is 19.1 Å². The van der Waals surface area contributed by atoms with Crippen LogP contribution in [0.1, 0.15) is 42.6 Å². The Morgan fingerprint density at radius 2 is 1.88 bits per heavy atom. The van der Waals surface area contributed by atoms with Crippen LogP contribution in [0, 0.1) is 0 Å². The van der Waals surface area contributed by atoms with Crippen LogP contribution in [-0.4, -0.2) is 21.9 Å². The van der Waals surface area contributed by atoms with Crippen LogP contribution in [0.4, 0.5) is 0 Å². The molecule has 3 rings (SSSR count). The molecule has 3 aromatic rings. The average Bonchev–Trinajstić information content (AvgIpc) is 3.12. The van der Waals surface area contributed by atoms with Crippen molar-refractivity contribution in [3.63, 3.8) is 0 Å². The molecule has 0 aliphatic carbocycles. The largest absolute Gasteiger partial charge is 0.462 e. The molecule has 0 aliphatic rings. The monoisotopic (exact) mass is 352 g/mol. The van der Waals surface area contributed by atoms with E-state index < -0.39 is 0 Å². The van der Waals surface area contributed by atoms with Gasteiger partial charge >= 0.3 is 5.97 Å². The van der Waals surface area contributed by atoms with E-state index in [-0.39, 0.29) is 5.97 Å². The summed E-state index contributed by atoms with van der Waals surface area (Å²) in [5.41, 5.74) is 3.68. The molecule has 0 amide bonds. The molecule has 2 aromatic carbocycles. The highest BCUT2D eigenvalue weighted by atomic mass is 32.1. The maximum atomic E-state index is 11.9. The fourth-order valence-corrected chi connectivity index (χ4v) is 3.15. The lowest BCUT2D eigenvalue weighted by Crippen LogP contribution is -2.04. The van der Waals surface area contributed by atoms with Gasteiger partial charge in [0, 0.05) is 11.1 Å². The maximum absolute atomic E-state index is 11.9. The summed E-state index contributed by atoms with van der Waals surface area (Å²) in [6.07, 6.45) is 0. The van der Waals surface area contributed by atoms with E-state index in [0.29, 0.717) is 23.9 Å². The molecule has 0 atom stereocenters. The Hall–Kier alpha value is -2.53. The molecular weight excluding hydrogens is 332 g/mol. The van der Waals surface area contributed by atoms with Crippen molar-refractivity contribution in [3.05, 3.63) is 59.7 Å². The van der Waals surface area contributed by atoms with Crippen molar-refractivity contribution in [1.29, 1.82) is 0 Å². The van der Waals surface area contributed by atoms with Crippen LogP contribution in [0.5, 0.6) is 0 Å². The van der Waals surface area contributed by atoms with Gasteiger partial charge in [0.15, 0.2) is 5.82 Å². The normalized spacial score (nSPS) is 10.9. The lowest BCUT2D eigenvalue weighted by molar-refractivity contribution is 0.0526. The average molecular weight is 352 g/mol. The Balaban J connectivity index is 1.86. The molecule has 25 heavy (non-hydrogen) atoms. The summed E-state index contributed by atoms with van der Waals surface area (Å²) in [6.45, 7) is 6.50. The summed E-state index contributed by atoms with van der Waals surface area (Å²) in [5, 5.41) is 0.786. The van der Waals surface area contributed by atoms with Gasteiger partial charge in [-0.1, -0.05) is 50.2 Å². The summed E-state index contributed by atoms with van der Waals surface area (Å²) in [6, 6.07) is 15.6. The first kappa shape index (κ1) is 17.3. The molecule has 0 spiro atoms. The van der Waals surface area contributed by atoms with Crippen LogP contribution < -0.4 is 0 Å². The van der Waals surface area contributed by atoms with Gasteiger partial charge in [0.25, 0.3) is 0 Å². The number of ether oxygens (including phenoxy) is 1. The predicted octanol–water partition coefficient (Wildman–Crippen LogP) is 5.17. The van der Waals surface area contributed by atoms with Crippen LogP contribution in [0.25, 0.3) is 22.0 Å². The molecule has 0 saturated heterocycles. The molecule has 0 radical (unpaired) electrons. The van der Waals surface area contributed by atoms with Crippen molar-refractivity contribution in [2.45, 2.75) is 26.7 Å². The van der Waals surface area contributed by atoms with Gasteiger partial charge in [0.2, 0.25) is 0 Å². The van der Waals surface area contributed by atoms with Gasteiger partial charge in [0.05, 0.1) is 12.2 Å². The summed E-state index contributed by atoms with van der Waals surface area (Å²) >= 11 is 1.33. The van der Waals surface area contributed by atoms with E-state index in [4.69, 9.17) is 4.74 Å². The zero-order valence-electron chi connectivity index (χ0n) is 14.5. The zero-order valence-corrected chi connectivity index (χ0v) is 15.3. The van der Waals surface area contributed by atoms with Crippen molar-refractivity contribution >= 4 is 17.5 Å². The van der Waals surface area contributed by atoms with Crippen molar-refractivity contribution < 1.29 is 9.53 Å². The summed E-state index contributed by atoms with van der Waals surface area (Å²) < 4.78 is 9.51. The Kier molecular flexibility index (Phi) is 5.24. The Morgan fingerprint density at radius 3 is 2.56 bits per heavy atom. The smallest absolute Gasteiger partial charge is 0.338 e. The molecular formula is C20H20N2O2S. The van der Waals surface area contributed by atoms with Crippen LogP contribution in [0.2, 0.25) is 0 Å². The maximum Gasteiger partial charge on any atom is 0.338 e. The third-order valence-electron chi connectivity index (χ3n) is 3.88. The third kappa shape index (κ3) is 3.94. The predicted molar refractivity (Wildman–Crippen MR) is 101 cm³/mol. The summed E-state index contributed by atoms with van der Waals surface area (Å²) in [5.74, 6) is 0.883.